The van der Waals surface area contributed by atoms with Crippen molar-refractivity contribution in [1.29, 1.82) is 0 Å². The highest BCUT2D eigenvalue weighted by Crippen LogP contribution is 2.27. The molecule has 0 unspecified atom stereocenters. The second-order valence-corrected chi connectivity index (χ2v) is 6.43. The van der Waals surface area contributed by atoms with E-state index in [9.17, 15) is 4.39 Å². The van der Waals surface area contributed by atoms with Gasteiger partial charge in [-0.25, -0.2) is 4.39 Å². The zero-order chi connectivity index (χ0) is 19.5. The van der Waals surface area contributed by atoms with Crippen molar-refractivity contribution in [1.82, 2.24) is 10.1 Å². The summed E-state index contributed by atoms with van der Waals surface area (Å²) in [5, 5.41) is 4.08. The quantitative estimate of drug-likeness (QED) is 0.669. The Labute approximate surface area is 162 Å². The average molecular weight is 384 g/mol. The zero-order valence-electron chi connectivity index (χ0n) is 15.8. The Morgan fingerprint density at radius 2 is 1.75 bits per heavy atom. The topological polar surface area (TPSA) is 63.9 Å². The lowest BCUT2D eigenvalue weighted by molar-refractivity contribution is 0.386. The molecule has 7 nitrogen and oxygen atoms in total. The Bertz CT molecular complexity index is 954. The minimum atomic E-state index is -0.359. The van der Waals surface area contributed by atoms with Crippen LogP contribution in [0, 0.1) is 5.82 Å². The number of methoxy groups -OCH3 is 2. The van der Waals surface area contributed by atoms with Crippen molar-refractivity contribution in [3.05, 3.63) is 48.3 Å². The number of ether oxygens (including phenoxy) is 2. The van der Waals surface area contributed by atoms with Crippen LogP contribution in [0.3, 0.4) is 0 Å². The normalized spacial score (nSPS) is 14.2. The number of rotatable bonds is 5. The molecule has 0 amide bonds. The van der Waals surface area contributed by atoms with Gasteiger partial charge < -0.3 is 23.8 Å². The highest BCUT2D eigenvalue weighted by Gasteiger charge is 2.22. The lowest BCUT2D eigenvalue weighted by Gasteiger charge is -2.35. The van der Waals surface area contributed by atoms with Crippen LogP contribution in [0.1, 0.15) is 0 Å². The Kier molecular flexibility index (Phi) is 5.01. The van der Waals surface area contributed by atoms with Crippen molar-refractivity contribution in [3.8, 4) is 22.9 Å². The summed E-state index contributed by atoms with van der Waals surface area (Å²) in [6.45, 7) is 2.85. The summed E-state index contributed by atoms with van der Waals surface area (Å²) < 4.78 is 29.6. The fourth-order valence-corrected chi connectivity index (χ4v) is 3.23. The van der Waals surface area contributed by atoms with E-state index in [1.807, 2.05) is 35.2 Å². The number of halogens is 1. The standard InChI is InChI=1S/C20H21FN4O3/c1-26-16-5-3-4-14(12-16)19-22-20(28-23-19)25-10-8-24(9-11-25)15-6-7-18(27-2)17(21)13-15/h3-7,12-13H,8-11H2,1-2H3. The molecular formula is C20H21FN4O3. The number of anilines is 2. The van der Waals surface area contributed by atoms with Crippen molar-refractivity contribution in [2.75, 3.05) is 50.2 Å². The van der Waals surface area contributed by atoms with E-state index < -0.39 is 0 Å². The molecule has 1 aliphatic rings. The summed E-state index contributed by atoms with van der Waals surface area (Å²) in [5.74, 6) is 1.15. The molecule has 146 valence electrons. The number of nitrogens with zero attached hydrogens (tertiary/aromatic N) is 4. The smallest absolute Gasteiger partial charge is 0.324 e. The summed E-state index contributed by atoms with van der Waals surface area (Å²) >= 11 is 0. The van der Waals surface area contributed by atoms with E-state index in [-0.39, 0.29) is 11.6 Å². The van der Waals surface area contributed by atoms with Gasteiger partial charge >= 0.3 is 6.01 Å². The summed E-state index contributed by atoms with van der Waals surface area (Å²) in [6, 6.07) is 13.0. The van der Waals surface area contributed by atoms with Crippen LogP contribution in [-0.4, -0.2) is 50.5 Å². The molecule has 3 aromatic rings. The molecule has 4 rings (SSSR count). The fraction of sp³-hybridized carbons (Fsp3) is 0.300. The Hall–Kier alpha value is -3.29. The molecule has 2 aromatic carbocycles. The van der Waals surface area contributed by atoms with Crippen molar-refractivity contribution in [2.45, 2.75) is 0 Å². The van der Waals surface area contributed by atoms with Crippen LogP contribution in [0.5, 0.6) is 11.5 Å². The SMILES string of the molecule is COc1cccc(-c2noc(N3CCN(c4ccc(OC)c(F)c4)CC3)n2)c1. The minimum Gasteiger partial charge on any atom is -0.497 e. The van der Waals surface area contributed by atoms with Crippen molar-refractivity contribution in [2.24, 2.45) is 0 Å². The van der Waals surface area contributed by atoms with E-state index in [1.165, 1.54) is 13.2 Å². The maximum absolute atomic E-state index is 14.0. The minimum absolute atomic E-state index is 0.248. The number of aromatic nitrogens is 2. The van der Waals surface area contributed by atoms with Gasteiger partial charge in [0.2, 0.25) is 5.82 Å². The average Bonchev–Trinajstić information content (AvgIpc) is 3.24. The number of hydrogen-bond donors (Lipinski definition) is 0. The molecule has 0 spiro atoms. The molecule has 0 aliphatic carbocycles. The second kappa shape index (κ2) is 7.75. The first-order valence-electron chi connectivity index (χ1n) is 8.99. The maximum Gasteiger partial charge on any atom is 0.324 e. The first kappa shape index (κ1) is 18.1. The summed E-state index contributed by atoms with van der Waals surface area (Å²) in [7, 11) is 3.08. The summed E-state index contributed by atoms with van der Waals surface area (Å²) in [5.41, 5.74) is 1.67. The molecule has 28 heavy (non-hydrogen) atoms. The molecule has 0 radical (unpaired) electrons. The molecule has 1 aliphatic heterocycles. The van der Waals surface area contributed by atoms with E-state index >= 15 is 0 Å². The van der Waals surface area contributed by atoms with Gasteiger partial charge in [0.05, 0.1) is 14.2 Å². The second-order valence-electron chi connectivity index (χ2n) is 6.43. The zero-order valence-corrected chi connectivity index (χ0v) is 15.8. The van der Waals surface area contributed by atoms with Crippen LogP contribution in [0.15, 0.2) is 47.0 Å². The molecule has 1 aromatic heterocycles. The largest absolute Gasteiger partial charge is 0.497 e. The fourth-order valence-electron chi connectivity index (χ4n) is 3.23. The summed E-state index contributed by atoms with van der Waals surface area (Å²) in [6.07, 6.45) is 0. The van der Waals surface area contributed by atoms with Crippen LogP contribution in [-0.2, 0) is 0 Å². The molecule has 1 fully saturated rings. The van der Waals surface area contributed by atoms with E-state index in [0.29, 0.717) is 24.9 Å². The Morgan fingerprint density at radius 1 is 0.964 bits per heavy atom. The van der Waals surface area contributed by atoms with Gasteiger partial charge in [0.1, 0.15) is 5.75 Å². The van der Waals surface area contributed by atoms with Gasteiger partial charge in [0, 0.05) is 43.5 Å². The molecule has 0 bridgehead atoms. The predicted molar refractivity (Wildman–Crippen MR) is 104 cm³/mol. The van der Waals surface area contributed by atoms with Gasteiger partial charge in [0.15, 0.2) is 11.6 Å². The van der Waals surface area contributed by atoms with Crippen LogP contribution >= 0.6 is 0 Å². The van der Waals surface area contributed by atoms with Gasteiger partial charge in [0.25, 0.3) is 0 Å². The van der Waals surface area contributed by atoms with Crippen molar-refractivity contribution >= 4 is 11.7 Å². The Morgan fingerprint density at radius 3 is 2.46 bits per heavy atom. The highest BCUT2D eigenvalue weighted by atomic mass is 19.1. The molecule has 8 heteroatoms. The third kappa shape index (κ3) is 3.58. The van der Waals surface area contributed by atoms with E-state index in [0.717, 1.165) is 30.1 Å². The molecule has 1 saturated heterocycles. The van der Waals surface area contributed by atoms with Crippen LogP contribution in [0.4, 0.5) is 16.1 Å². The molecular weight excluding hydrogens is 363 g/mol. The summed E-state index contributed by atoms with van der Waals surface area (Å²) in [4.78, 5) is 8.67. The highest BCUT2D eigenvalue weighted by molar-refractivity contribution is 5.58. The first-order chi connectivity index (χ1) is 13.7. The van der Waals surface area contributed by atoms with E-state index in [2.05, 4.69) is 15.0 Å². The lowest BCUT2D eigenvalue weighted by Crippen LogP contribution is -2.46. The first-order valence-corrected chi connectivity index (χ1v) is 8.99. The monoisotopic (exact) mass is 384 g/mol. The van der Waals surface area contributed by atoms with E-state index in [4.69, 9.17) is 14.0 Å². The van der Waals surface area contributed by atoms with Gasteiger partial charge in [-0.15, -0.1) is 0 Å². The van der Waals surface area contributed by atoms with Gasteiger partial charge in [-0.2, -0.15) is 4.98 Å². The number of hydrogen-bond acceptors (Lipinski definition) is 7. The molecule has 0 saturated carbocycles. The van der Waals surface area contributed by atoms with Crippen LogP contribution in [0.25, 0.3) is 11.4 Å². The van der Waals surface area contributed by atoms with Gasteiger partial charge in [-0.1, -0.05) is 17.3 Å². The third-order valence-corrected chi connectivity index (χ3v) is 4.79. The molecule has 0 N–H and O–H groups in total. The van der Waals surface area contributed by atoms with E-state index in [1.54, 1.807) is 13.2 Å². The van der Waals surface area contributed by atoms with Crippen molar-refractivity contribution < 1.29 is 18.4 Å². The molecule has 0 atom stereocenters. The maximum atomic E-state index is 14.0. The van der Waals surface area contributed by atoms with Gasteiger partial charge in [-0.05, 0) is 24.3 Å². The number of benzene rings is 2. The van der Waals surface area contributed by atoms with Crippen molar-refractivity contribution in [3.63, 3.8) is 0 Å². The Balaban J connectivity index is 1.43. The van der Waals surface area contributed by atoms with Crippen LogP contribution in [0.2, 0.25) is 0 Å². The lowest BCUT2D eigenvalue weighted by atomic mass is 10.2. The number of piperazine rings is 1. The third-order valence-electron chi connectivity index (χ3n) is 4.79. The van der Waals surface area contributed by atoms with Crippen LogP contribution < -0.4 is 19.3 Å². The van der Waals surface area contributed by atoms with Gasteiger partial charge in [-0.3, -0.25) is 0 Å². The molecule has 2 heterocycles. The predicted octanol–water partition coefficient (Wildman–Crippen LogP) is 3.22.